The van der Waals surface area contributed by atoms with E-state index in [2.05, 4.69) is 20.6 Å². The Hall–Kier alpha value is -2.39. The van der Waals surface area contributed by atoms with Crippen molar-refractivity contribution >= 4 is 23.8 Å². The largest absolute Gasteiger partial charge is 0.396 e. The lowest BCUT2D eigenvalue weighted by Gasteiger charge is -2.59. The molecule has 36 heavy (non-hydrogen) atoms. The molecular weight excluding hydrogens is 458 g/mol. The fourth-order valence-corrected chi connectivity index (χ4v) is 7.31. The summed E-state index contributed by atoms with van der Waals surface area (Å²) >= 11 is 0. The second kappa shape index (κ2) is 9.82. The van der Waals surface area contributed by atoms with Crippen LogP contribution in [-0.2, 0) is 9.53 Å². The number of carbonyl (C=O) groups is 2. The standard InChI is InChI=1S/C27H41N5O4/c1-4-22(34)30-26(2,3)5-6-32-25(31-7-9-36-10-8-31)21(16-28-32)24(35)29-23-19-11-18-12-20(23)15-27(13-18,14-19)17-33/h5-6,16,18-20,23,33H,4,7-15,17H2,1-3H3,(H,29,35)(H,30,34). The number of hydrogen-bond donors (Lipinski definition) is 3. The Bertz CT molecular complexity index is 996. The van der Waals surface area contributed by atoms with Gasteiger partial charge in [0, 0.05) is 38.4 Å². The quantitative estimate of drug-likeness (QED) is 0.507. The van der Waals surface area contributed by atoms with Crippen molar-refractivity contribution in [3.63, 3.8) is 0 Å². The maximum atomic E-state index is 13.7. The first-order valence-electron chi connectivity index (χ1n) is 13.5. The van der Waals surface area contributed by atoms with E-state index >= 15 is 0 Å². The highest BCUT2D eigenvalue weighted by Crippen LogP contribution is 2.59. The molecule has 6 rings (SSSR count). The van der Waals surface area contributed by atoms with Crippen LogP contribution in [0.3, 0.4) is 0 Å². The summed E-state index contributed by atoms with van der Waals surface area (Å²) in [6.07, 6.45) is 11.3. The Morgan fingerprint density at radius 3 is 2.56 bits per heavy atom. The number of nitrogens with one attached hydrogen (secondary N) is 2. The van der Waals surface area contributed by atoms with Crippen molar-refractivity contribution in [3.05, 3.63) is 17.8 Å². The molecule has 2 amide bonds. The molecule has 0 radical (unpaired) electrons. The van der Waals surface area contributed by atoms with E-state index < -0.39 is 5.54 Å². The van der Waals surface area contributed by atoms with Gasteiger partial charge in [0.05, 0.1) is 24.9 Å². The fourth-order valence-electron chi connectivity index (χ4n) is 7.31. The summed E-state index contributed by atoms with van der Waals surface area (Å²) in [6.45, 7) is 8.55. The number of morpholine rings is 1. The molecular formula is C27H41N5O4. The molecule has 2 unspecified atom stereocenters. The van der Waals surface area contributed by atoms with E-state index in [9.17, 15) is 14.7 Å². The summed E-state index contributed by atoms with van der Waals surface area (Å²) in [7, 11) is 0. The van der Waals surface area contributed by atoms with Crippen molar-refractivity contribution in [2.24, 2.45) is 23.2 Å². The van der Waals surface area contributed by atoms with Gasteiger partial charge < -0.3 is 25.4 Å². The van der Waals surface area contributed by atoms with Gasteiger partial charge in [0.1, 0.15) is 11.4 Å². The van der Waals surface area contributed by atoms with Crippen LogP contribution in [0.15, 0.2) is 12.3 Å². The minimum Gasteiger partial charge on any atom is -0.396 e. The maximum absolute atomic E-state index is 13.7. The van der Waals surface area contributed by atoms with Crippen LogP contribution < -0.4 is 15.5 Å². The maximum Gasteiger partial charge on any atom is 0.256 e. The SMILES string of the molecule is CCC(=O)NC(C)(C)C=Cn1ncc(C(=O)NC2C3CC4CC2CC(CO)(C4)C3)c1N1CCOCC1. The number of aliphatic hydroxyl groups is 1. The Morgan fingerprint density at radius 2 is 1.92 bits per heavy atom. The molecule has 1 aromatic rings. The number of rotatable bonds is 8. The lowest BCUT2D eigenvalue weighted by molar-refractivity contribution is -0.121. The third-order valence-corrected chi connectivity index (χ3v) is 8.77. The van der Waals surface area contributed by atoms with Crippen molar-refractivity contribution in [2.45, 2.75) is 70.9 Å². The monoisotopic (exact) mass is 499 g/mol. The molecule has 4 saturated carbocycles. The van der Waals surface area contributed by atoms with Crippen LogP contribution in [-0.4, -0.2) is 71.2 Å². The van der Waals surface area contributed by atoms with Gasteiger partial charge in [-0.05, 0) is 75.2 Å². The van der Waals surface area contributed by atoms with E-state index in [1.54, 1.807) is 10.9 Å². The zero-order chi connectivity index (χ0) is 25.5. The molecule has 2 atom stereocenters. The molecule has 5 fully saturated rings. The van der Waals surface area contributed by atoms with Crippen LogP contribution in [0.2, 0.25) is 0 Å². The number of nitrogens with zero attached hydrogens (tertiary/aromatic N) is 3. The third kappa shape index (κ3) is 4.92. The number of ether oxygens (including phenoxy) is 1. The molecule has 9 nitrogen and oxygen atoms in total. The van der Waals surface area contributed by atoms with Crippen LogP contribution in [0, 0.1) is 23.2 Å². The van der Waals surface area contributed by atoms with Crippen LogP contribution in [0.1, 0.15) is 69.7 Å². The predicted molar refractivity (Wildman–Crippen MR) is 137 cm³/mol. The van der Waals surface area contributed by atoms with Gasteiger partial charge >= 0.3 is 0 Å². The normalized spacial score (nSPS) is 31.7. The van der Waals surface area contributed by atoms with E-state index in [-0.39, 0.29) is 29.9 Å². The summed E-state index contributed by atoms with van der Waals surface area (Å²) in [6, 6.07) is 0.161. The summed E-state index contributed by atoms with van der Waals surface area (Å²) in [5.41, 5.74) is 0.0988. The highest BCUT2D eigenvalue weighted by molar-refractivity contribution is 5.99. The molecule has 4 bridgehead atoms. The molecule has 1 aromatic heterocycles. The zero-order valence-electron chi connectivity index (χ0n) is 21.8. The van der Waals surface area contributed by atoms with Gasteiger partial charge in [-0.3, -0.25) is 9.59 Å². The number of amides is 2. The first-order valence-corrected chi connectivity index (χ1v) is 13.5. The fraction of sp³-hybridized carbons (Fsp3) is 0.741. The van der Waals surface area contributed by atoms with Crippen LogP contribution >= 0.6 is 0 Å². The molecule has 1 aliphatic heterocycles. The smallest absolute Gasteiger partial charge is 0.256 e. The van der Waals surface area contributed by atoms with E-state index in [0.29, 0.717) is 56.0 Å². The highest BCUT2D eigenvalue weighted by atomic mass is 16.5. The van der Waals surface area contributed by atoms with Crippen molar-refractivity contribution in [2.75, 3.05) is 37.8 Å². The molecule has 5 aliphatic rings. The van der Waals surface area contributed by atoms with E-state index in [4.69, 9.17) is 4.74 Å². The minimum absolute atomic E-state index is 0.0165. The van der Waals surface area contributed by atoms with Gasteiger partial charge in [0.25, 0.3) is 5.91 Å². The first kappa shape index (κ1) is 25.3. The van der Waals surface area contributed by atoms with E-state index in [1.165, 1.54) is 0 Å². The molecule has 3 N–H and O–H groups in total. The van der Waals surface area contributed by atoms with Crippen molar-refractivity contribution < 1.29 is 19.4 Å². The van der Waals surface area contributed by atoms with Crippen LogP contribution in [0.5, 0.6) is 0 Å². The van der Waals surface area contributed by atoms with Gasteiger partial charge in [0.2, 0.25) is 5.91 Å². The van der Waals surface area contributed by atoms with Gasteiger partial charge in [-0.25, -0.2) is 4.68 Å². The molecule has 198 valence electrons. The van der Waals surface area contributed by atoms with Gasteiger partial charge in [-0.2, -0.15) is 5.10 Å². The Balaban J connectivity index is 1.37. The second-order valence-electron chi connectivity index (χ2n) is 12.0. The third-order valence-electron chi connectivity index (χ3n) is 8.77. The van der Waals surface area contributed by atoms with Crippen molar-refractivity contribution in [1.82, 2.24) is 20.4 Å². The number of aromatic nitrogens is 2. The Kier molecular flexibility index (Phi) is 6.89. The van der Waals surface area contributed by atoms with Gasteiger partial charge in [-0.1, -0.05) is 6.92 Å². The van der Waals surface area contributed by atoms with Crippen molar-refractivity contribution in [3.8, 4) is 0 Å². The summed E-state index contributed by atoms with van der Waals surface area (Å²) < 4.78 is 7.30. The number of carbonyl (C=O) groups excluding carboxylic acids is 2. The number of anilines is 1. The average molecular weight is 500 g/mol. The van der Waals surface area contributed by atoms with Crippen molar-refractivity contribution in [1.29, 1.82) is 0 Å². The molecule has 0 aromatic carbocycles. The van der Waals surface area contributed by atoms with E-state index in [0.717, 1.165) is 37.9 Å². The second-order valence-corrected chi connectivity index (χ2v) is 12.0. The van der Waals surface area contributed by atoms with Gasteiger partial charge in [-0.15, -0.1) is 0 Å². The Labute approximate surface area is 213 Å². The number of aliphatic hydroxyl groups excluding tert-OH is 1. The van der Waals surface area contributed by atoms with E-state index in [1.807, 2.05) is 33.0 Å². The summed E-state index contributed by atoms with van der Waals surface area (Å²) in [5.74, 6) is 2.24. The highest BCUT2D eigenvalue weighted by Gasteiger charge is 2.55. The zero-order valence-corrected chi connectivity index (χ0v) is 21.8. The molecule has 9 heteroatoms. The van der Waals surface area contributed by atoms with Crippen LogP contribution in [0.25, 0.3) is 6.20 Å². The minimum atomic E-state index is -0.549. The van der Waals surface area contributed by atoms with Gasteiger partial charge in [0.15, 0.2) is 0 Å². The lowest BCUT2D eigenvalue weighted by Crippen LogP contribution is -2.60. The molecule has 4 aliphatic carbocycles. The average Bonchev–Trinajstić information content (AvgIpc) is 3.29. The molecule has 0 spiro atoms. The molecule has 1 saturated heterocycles. The number of hydrogen-bond acceptors (Lipinski definition) is 6. The lowest BCUT2D eigenvalue weighted by atomic mass is 9.48. The predicted octanol–water partition coefficient (Wildman–Crippen LogP) is 2.41. The topological polar surface area (TPSA) is 109 Å². The summed E-state index contributed by atoms with van der Waals surface area (Å²) in [4.78, 5) is 27.8. The molecule has 2 heterocycles. The Morgan fingerprint density at radius 1 is 1.22 bits per heavy atom. The summed E-state index contributed by atoms with van der Waals surface area (Å²) in [5, 5.41) is 21.1. The van der Waals surface area contributed by atoms with Crippen LogP contribution in [0.4, 0.5) is 5.82 Å². The first-order chi connectivity index (χ1) is 17.2.